The monoisotopic (exact) mass is 422 g/mol. The van der Waals surface area contributed by atoms with Crippen LogP contribution in [0.2, 0.25) is 0 Å². The Labute approximate surface area is 169 Å². The number of aromatic nitrogens is 3. The van der Waals surface area contributed by atoms with Crippen molar-refractivity contribution in [3.63, 3.8) is 0 Å². The van der Waals surface area contributed by atoms with Crippen LogP contribution < -0.4 is 10.1 Å². The summed E-state index contributed by atoms with van der Waals surface area (Å²) in [6, 6.07) is 15.1. The highest BCUT2D eigenvalue weighted by molar-refractivity contribution is 7.99. The van der Waals surface area contributed by atoms with Crippen LogP contribution in [0.1, 0.15) is 11.4 Å². The Bertz CT molecular complexity index is 977. The van der Waals surface area contributed by atoms with Gasteiger partial charge in [-0.3, -0.25) is 4.79 Å². The molecule has 2 aromatic carbocycles. The van der Waals surface area contributed by atoms with Gasteiger partial charge in [-0.15, -0.1) is 23.4 Å². The van der Waals surface area contributed by atoms with Gasteiger partial charge in [0.2, 0.25) is 5.91 Å². The third-order valence-corrected chi connectivity index (χ3v) is 4.77. The Morgan fingerprint density at radius 1 is 1.10 bits per heavy atom. The summed E-state index contributed by atoms with van der Waals surface area (Å²) in [6.07, 6.45) is -4.85. The standard InChI is InChI=1S/C19H17F3N4O2S/c1-13-24-25-18(26(13)11-14-7-3-2-4-8-14)29-12-17(27)23-15-9-5-6-10-16(15)28-19(20,21)22/h2-10H,11-12H2,1H3,(H,23,27). The van der Waals surface area contributed by atoms with Gasteiger partial charge in [0, 0.05) is 0 Å². The van der Waals surface area contributed by atoms with E-state index in [4.69, 9.17) is 0 Å². The summed E-state index contributed by atoms with van der Waals surface area (Å²) in [5.41, 5.74) is 0.997. The van der Waals surface area contributed by atoms with Gasteiger partial charge in [-0.2, -0.15) is 0 Å². The third kappa shape index (κ3) is 5.98. The predicted molar refractivity (Wildman–Crippen MR) is 103 cm³/mol. The van der Waals surface area contributed by atoms with E-state index in [0.29, 0.717) is 17.5 Å². The van der Waals surface area contributed by atoms with E-state index in [1.807, 2.05) is 41.8 Å². The zero-order chi connectivity index (χ0) is 20.9. The number of rotatable bonds is 7. The summed E-state index contributed by atoms with van der Waals surface area (Å²) >= 11 is 1.15. The molecule has 0 fully saturated rings. The van der Waals surface area contributed by atoms with Crippen LogP contribution in [0.5, 0.6) is 5.75 Å². The van der Waals surface area contributed by atoms with Crippen LogP contribution in [-0.4, -0.2) is 32.8 Å². The number of halogens is 3. The van der Waals surface area contributed by atoms with E-state index in [0.717, 1.165) is 23.4 Å². The number of ether oxygens (including phenoxy) is 1. The number of alkyl halides is 3. The van der Waals surface area contributed by atoms with Crippen molar-refractivity contribution in [3.05, 3.63) is 66.0 Å². The summed E-state index contributed by atoms with van der Waals surface area (Å²) in [5, 5.41) is 11.1. The van der Waals surface area contributed by atoms with Gasteiger partial charge in [-0.25, -0.2) is 0 Å². The largest absolute Gasteiger partial charge is 0.573 e. The first kappa shape index (κ1) is 20.7. The van der Waals surface area contributed by atoms with Crippen molar-refractivity contribution < 1.29 is 22.7 Å². The van der Waals surface area contributed by atoms with E-state index in [1.54, 1.807) is 0 Å². The summed E-state index contributed by atoms with van der Waals surface area (Å²) < 4.78 is 43.3. The molecule has 0 unspecified atom stereocenters. The maximum absolute atomic E-state index is 12.5. The topological polar surface area (TPSA) is 69.0 Å². The van der Waals surface area contributed by atoms with Crippen LogP contribution in [-0.2, 0) is 11.3 Å². The molecule has 1 heterocycles. The quantitative estimate of drug-likeness (QED) is 0.576. The van der Waals surface area contributed by atoms with Gasteiger partial charge < -0.3 is 14.6 Å². The maximum atomic E-state index is 12.5. The second-order valence-corrected chi connectivity index (χ2v) is 6.92. The van der Waals surface area contributed by atoms with Crippen molar-refractivity contribution in [2.24, 2.45) is 0 Å². The second-order valence-electron chi connectivity index (χ2n) is 5.98. The van der Waals surface area contributed by atoms with Crippen molar-refractivity contribution in [1.29, 1.82) is 0 Å². The summed E-state index contributed by atoms with van der Waals surface area (Å²) in [6.45, 7) is 2.36. The Hall–Kier alpha value is -3.01. The molecule has 1 N–H and O–H groups in total. The van der Waals surface area contributed by atoms with Crippen LogP contribution >= 0.6 is 11.8 Å². The first-order valence-electron chi connectivity index (χ1n) is 8.53. The zero-order valence-electron chi connectivity index (χ0n) is 15.3. The highest BCUT2D eigenvalue weighted by Gasteiger charge is 2.32. The Balaban J connectivity index is 1.64. The molecule has 1 aromatic heterocycles. The number of nitrogens with zero attached hydrogens (tertiary/aromatic N) is 3. The van der Waals surface area contributed by atoms with Gasteiger partial charge in [-0.1, -0.05) is 54.2 Å². The predicted octanol–water partition coefficient (Wildman–Crippen LogP) is 4.26. The fourth-order valence-electron chi connectivity index (χ4n) is 2.52. The first-order valence-corrected chi connectivity index (χ1v) is 9.51. The number of carbonyl (C=O) groups is 1. The third-order valence-electron chi connectivity index (χ3n) is 3.80. The van der Waals surface area contributed by atoms with E-state index in [2.05, 4.69) is 20.3 Å². The summed E-state index contributed by atoms with van der Waals surface area (Å²) in [5.74, 6) is -0.310. The van der Waals surface area contributed by atoms with Crippen molar-refractivity contribution in [2.45, 2.75) is 25.0 Å². The molecule has 3 rings (SSSR count). The number of nitrogens with one attached hydrogen (secondary N) is 1. The molecule has 3 aromatic rings. The number of para-hydroxylation sites is 2. The van der Waals surface area contributed by atoms with Crippen molar-refractivity contribution in [2.75, 3.05) is 11.1 Å². The number of hydrogen-bond acceptors (Lipinski definition) is 5. The first-order chi connectivity index (χ1) is 13.8. The smallest absolute Gasteiger partial charge is 0.404 e. The van der Waals surface area contributed by atoms with E-state index in [-0.39, 0.29) is 11.4 Å². The SMILES string of the molecule is Cc1nnc(SCC(=O)Nc2ccccc2OC(F)(F)F)n1Cc1ccccc1. The van der Waals surface area contributed by atoms with Gasteiger partial charge in [-0.05, 0) is 24.6 Å². The number of thioether (sulfide) groups is 1. The van der Waals surface area contributed by atoms with Gasteiger partial charge in [0.05, 0.1) is 18.0 Å². The Morgan fingerprint density at radius 2 is 1.79 bits per heavy atom. The average molecular weight is 422 g/mol. The van der Waals surface area contributed by atoms with Crippen molar-refractivity contribution >= 4 is 23.4 Å². The van der Waals surface area contributed by atoms with Gasteiger partial charge in [0.1, 0.15) is 5.82 Å². The lowest BCUT2D eigenvalue weighted by Crippen LogP contribution is -2.20. The number of hydrogen-bond donors (Lipinski definition) is 1. The lowest BCUT2D eigenvalue weighted by molar-refractivity contribution is -0.274. The molecule has 0 aliphatic rings. The lowest BCUT2D eigenvalue weighted by Gasteiger charge is -2.13. The molecule has 0 radical (unpaired) electrons. The molecule has 10 heteroatoms. The fourth-order valence-corrected chi connectivity index (χ4v) is 3.30. The summed E-state index contributed by atoms with van der Waals surface area (Å²) in [7, 11) is 0. The van der Waals surface area contributed by atoms with Crippen LogP contribution in [0.4, 0.5) is 18.9 Å². The number of benzene rings is 2. The molecular formula is C19H17F3N4O2S. The van der Waals surface area contributed by atoms with E-state index < -0.39 is 18.0 Å². The minimum atomic E-state index is -4.85. The van der Waals surface area contributed by atoms with Gasteiger partial charge in [0.25, 0.3) is 0 Å². The molecule has 0 aliphatic heterocycles. The normalized spacial score (nSPS) is 11.3. The van der Waals surface area contributed by atoms with Crippen molar-refractivity contribution in [3.8, 4) is 5.75 Å². The number of anilines is 1. The zero-order valence-corrected chi connectivity index (χ0v) is 16.1. The molecule has 0 bridgehead atoms. The lowest BCUT2D eigenvalue weighted by atomic mass is 10.2. The minimum Gasteiger partial charge on any atom is -0.404 e. The van der Waals surface area contributed by atoms with Crippen molar-refractivity contribution in [1.82, 2.24) is 14.8 Å². The molecule has 0 spiro atoms. The van der Waals surface area contributed by atoms with Gasteiger partial charge in [0.15, 0.2) is 10.9 Å². The van der Waals surface area contributed by atoms with Crippen LogP contribution in [0.15, 0.2) is 59.8 Å². The van der Waals surface area contributed by atoms with E-state index >= 15 is 0 Å². The number of amides is 1. The fraction of sp³-hybridized carbons (Fsp3) is 0.211. The molecule has 1 amide bonds. The number of aryl methyl sites for hydroxylation is 1. The Kier molecular flexibility index (Phi) is 6.42. The molecule has 6 nitrogen and oxygen atoms in total. The highest BCUT2D eigenvalue weighted by Crippen LogP contribution is 2.30. The minimum absolute atomic E-state index is 0.0483. The Morgan fingerprint density at radius 3 is 2.52 bits per heavy atom. The average Bonchev–Trinajstić information content (AvgIpc) is 3.01. The molecule has 152 valence electrons. The number of carbonyl (C=O) groups excluding carboxylic acids is 1. The maximum Gasteiger partial charge on any atom is 0.573 e. The summed E-state index contributed by atoms with van der Waals surface area (Å²) in [4.78, 5) is 12.3. The second kappa shape index (κ2) is 8.99. The molecule has 0 aliphatic carbocycles. The highest BCUT2D eigenvalue weighted by atomic mass is 32.2. The molecule has 0 saturated carbocycles. The van der Waals surface area contributed by atoms with Gasteiger partial charge >= 0.3 is 6.36 Å². The van der Waals surface area contributed by atoms with E-state index in [9.17, 15) is 18.0 Å². The van der Waals surface area contributed by atoms with E-state index in [1.165, 1.54) is 18.2 Å². The molecule has 0 saturated heterocycles. The van der Waals surface area contributed by atoms with Crippen LogP contribution in [0.3, 0.4) is 0 Å². The molecule has 0 atom stereocenters. The van der Waals surface area contributed by atoms with Crippen LogP contribution in [0, 0.1) is 6.92 Å². The van der Waals surface area contributed by atoms with Crippen LogP contribution in [0.25, 0.3) is 0 Å². The molecular weight excluding hydrogens is 405 g/mol. The molecule has 29 heavy (non-hydrogen) atoms.